The van der Waals surface area contributed by atoms with Crippen LogP contribution in [-0.4, -0.2) is 108 Å². The normalized spacial score (nSPS) is 17.2. The summed E-state index contributed by atoms with van der Waals surface area (Å²) in [7, 11) is -3.13. The number of benzene rings is 1. The summed E-state index contributed by atoms with van der Waals surface area (Å²) >= 11 is 1.73. The van der Waals surface area contributed by atoms with Crippen molar-refractivity contribution >= 4 is 54.3 Å². The topological polar surface area (TPSA) is 145 Å². The second kappa shape index (κ2) is 12.1. The Labute approximate surface area is 236 Å². The average molecular weight is 588 g/mol. The molecule has 0 bridgehead atoms. The van der Waals surface area contributed by atoms with Crippen LogP contribution in [0.15, 0.2) is 30.5 Å². The predicted molar refractivity (Wildman–Crippen MR) is 155 cm³/mol. The number of nitrogens with one attached hydrogen (secondary N) is 1. The highest BCUT2D eigenvalue weighted by atomic mass is 32.2. The molecule has 14 heteroatoms. The van der Waals surface area contributed by atoms with Crippen LogP contribution in [0.2, 0.25) is 0 Å². The predicted octanol–water partition coefficient (Wildman–Crippen LogP) is 2.63. The number of nitrogens with zero attached hydrogens (tertiary/aromatic N) is 6. The molecule has 6 rings (SSSR count). The highest BCUT2D eigenvalue weighted by Crippen LogP contribution is 2.36. The van der Waals surface area contributed by atoms with Gasteiger partial charge in [-0.25, -0.2) is 18.4 Å². The highest BCUT2D eigenvalue weighted by Gasteiger charge is 2.25. The van der Waals surface area contributed by atoms with E-state index in [1.807, 2.05) is 24.4 Å². The molecule has 12 nitrogen and oxygen atoms in total. The summed E-state index contributed by atoms with van der Waals surface area (Å²) in [5.41, 5.74) is 2.85. The van der Waals surface area contributed by atoms with Crippen LogP contribution in [0, 0.1) is 0 Å². The van der Waals surface area contributed by atoms with E-state index < -0.39 is 16.0 Å². The van der Waals surface area contributed by atoms with Gasteiger partial charge in [-0.05, 0) is 12.1 Å². The van der Waals surface area contributed by atoms with Crippen LogP contribution < -0.4 is 4.90 Å². The fraction of sp³-hybridized carbons (Fsp3) is 0.462. The minimum absolute atomic E-state index is 0.222. The van der Waals surface area contributed by atoms with Crippen molar-refractivity contribution in [2.75, 3.05) is 63.6 Å². The third-order valence-electron chi connectivity index (χ3n) is 6.92. The second-order valence-electron chi connectivity index (χ2n) is 9.72. The van der Waals surface area contributed by atoms with Gasteiger partial charge in [0, 0.05) is 68.1 Å². The van der Waals surface area contributed by atoms with Crippen LogP contribution >= 0.6 is 11.3 Å². The van der Waals surface area contributed by atoms with Gasteiger partial charge in [0.05, 0.1) is 41.4 Å². The van der Waals surface area contributed by atoms with Gasteiger partial charge in [0.25, 0.3) is 0 Å². The Kier molecular flexibility index (Phi) is 8.61. The summed E-state index contributed by atoms with van der Waals surface area (Å²) < 4.78 is 31.9. The molecular formula is C26H33N7O5S2. The standard InChI is InChI=1S/C23H27N7O3S2.C3H6O2/c1-35(31,32)30-7-5-28(6-8-30)15-16-13-20-21(34-16)23(29-9-11-33-12-10-29)26-22(25-20)17-3-2-4-19-18(17)14-24-27-19;1-2-3(4)5/h2-4,13-14H,5-12,15H2,1H3,(H,24,27);2H2,1H3,(H,4,5). The zero-order valence-corrected chi connectivity index (χ0v) is 24.2. The molecule has 3 aromatic heterocycles. The van der Waals surface area contributed by atoms with Crippen molar-refractivity contribution < 1.29 is 23.1 Å². The number of hydrogen-bond acceptors (Lipinski definition) is 10. The fourth-order valence-electron chi connectivity index (χ4n) is 4.75. The summed E-state index contributed by atoms with van der Waals surface area (Å²) in [5, 5.41) is 16.0. The van der Waals surface area contributed by atoms with Crippen molar-refractivity contribution in [3.8, 4) is 11.4 Å². The van der Waals surface area contributed by atoms with E-state index in [4.69, 9.17) is 19.8 Å². The SMILES string of the molecule is CCC(=O)O.CS(=O)(=O)N1CCN(Cc2cc3nc(-c4cccc5[nH]ncc45)nc(N4CCOCC4)c3s2)CC1. The van der Waals surface area contributed by atoms with Crippen molar-refractivity contribution in [2.45, 2.75) is 19.9 Å². The van der Waals surface area contributed by atoms with Gasteiger partial charge in [-0.1, -0.05) is 19.1 Å². The van der Waals surface area contributed by atoms with Crippen molar-refractivity contribution in [1.82, 2.24) is 29.4 Å². The Morgan fingerprint density at radius 2 is 1.85 bits per heavy atom. The van der Waals surface area contributed by atoms with Crippen molar-refractivity contribution in [3.05, 3.63) is 35.3 Å². The number of aliphatic carboxylic acids is 1. The number of rotatable bonds is 6. The van der Waals surface area contributed by atoms with Gasteiger partial charge in [0.2, 0.25) is 10.0 Å². The van der Waals surface area contributed by atoms with Crippen LogP contribution in [0.5, 0.6) is 0 Å². The van der Waals surface area contributed by atoms with Gasteiger partial charge >= 0.3 is 5.97 Å². The molecule has 0 aliphatic carbocycles. The molecule has 0 radical (unpaired) electrons. The maximum Gasteiger partial charge on any atom is 0.303 e. The number of anilines is 1. The Hall–Kier alpha value is -3.17. The first-order valence-electron chi connectivity index (χ1n) is 13.2. The Morgan fingerprint density at radius 1 is 1.12 bits per heavy atom. The number of sulfonamides is 1. The number of thiophene rings is 1. The Bertz CT molecular complexity index is 1590. The molecule has 2 aliphatic heterocycles. The van der Waals surface area contributed by atoms with E-state index in [9.17, 15) is 13.2 Å². The number of H-pyrrole nitrogens is 1. The van der Waals surface area contributed by atoms with Gasteiger partial charge in [0.1, 0.15) is 0 Å². The maximum atomic E-state index is 11.8. The molecule has 5 heterocycles. The van der Waals surface area contributed by atoms with Crippen LogP contribution in [-0.2, 0) is 26.1 Å². The van der Waals surface area contributed by atoms with E-state index in [1.165, 1.54) is 11.1 Å². The largest absolute Gasteiger partial charge is 0.481 e. The first-order valence-corrected chi connectivity index (χ1v) is 15.8. The van der Waals surface area contributed by atoms with Gasteiger partial charge in [-0.3, -0.25) is 14.8 Å². The summed E-state index contributed by atoms with van der Waals surface area (Å²) in [6.07, 6.45) is 3.32. The number of morpholine rings is 1. The lowest BCUT2D eigenvalue weighted by atomic mass is 10.1. The first-order chi connectivity index (χ1) is 19.2. The smallest absolute Gasteiger partial charge is 0.303 e. The number of carboxylic acid groups (broad SMARTS) is 1. The van der Waals surface area contributed by atoms with E-state index in [0.29, 0.717) is 32.1 Å². The quantitative estimate of drug-likeness (QED) is 0.345. The minimum Gasteiger partial charge on any atom is -0.481 e. The van der Waals surface area contributed by atoms with Crippen molar-refractivity contribution in [1.29, 1.82) is 0 Å². The number of carbonyl (C=O) groups is 1. The monoisotopic (exact) mass is 587 g/mol. The molecule has 2 fully saturated rings. The fourth-order valence-corrected chi connectivity index (χ4v) is 6.74. The molecule has 2 aliphatic rings. The molecule has 4 aromatic rings. The zero-order valence-electron chi connectivity index (χ0n) is 22.5. The molecule has 0 atom stereocenters. The molecular weight excluding hydrogens is 554 g/mol. The summed E-state index contributed by atoms with van der Waals surface area (Å²) in [4.78, 5) is 25.2. The third-order valence-corrected chi connectivity index (χ3v) is 9.33. The number of ether oxygens (including phenoxy) is 1. The van der Waals surface area contributed by atoms with Crippen LogP contribution in [0.4, 0.5) is 5.82 Å². The van der Waals surface area contributed by atoms with Gasteiger partial charge < -0.3 is 14.7 Å². The summed E-state index contributed by atoms with van der Waals surface area (Å²) in [6.45, 7) is 7.82. The number of fused-ring (bicyclic) bond motifs is 2. The lowest BCUT2D eigenvalue weighted by Gasteiger charge is -2.32. The van der Waals surface area contributed by atoms with E-state index in [2.05, 4.69) is 26.1 Å². The lowest BCUT2D eigenvalue weighted by Crippen LogP contribution is -2.47. The van der Waals surface area contributed by atoms with E-state index in [-0.39, 0.29) is 6.42 Å². The van der Waals surface area contributed by atoms with Crippen LogP contribution in [0.25, 0.3) is 32.5 Å². The molecule has 2 saturated heterocycles. The maximum absolute atomic E-state index is 11.8. The van der Waals surface area contributed by atoms with Crippen LogP contribution in [0.3, 0.4) is 0 Å². The molecule has 1 aromatic carbocycles. The number of aromatic nitrogens is 4. The van der Waals surface area contributed by atoms with Gasteiger partial charge in [-0.2, -0.15) is 9.40 Å². The zero-order chi connectivity index (χ0) is 28.3. The lowest BCUT2D eigenvalue weighted by molar-refractivity contribution is -0.136. The number of carboxylic acids is 1. The van der Waals surface area contributed by atoms with Gasteiger partial charge in [0.15, 0.2) is 11.6 Å². The van der Waals surface area contributed by atoms with Crippen LogP contribution in [0.1, 0.15) is 18.2 Å². The van der Waals surface area contributed by atoms with Gasteiger partial charge in [-0.15, -0.1) is 11.3 Å². The van der Waals surface area contributed by atoms with Crippen molar-refractivity contribution in [2.24, 2.45) is 0 Å². The number of hydrogen-bond donors (Lipinski definition) is 2. The minimum atomic E-state index is -3.13. The summed E-state index contributed by atoms with van der Waals surface area (Å²) in [6, 6.07) is 8.19. The third kappa shape index (κ3) is 6.41. The first kappa shape index (κ1) is 28.4. The number of piperazine rings is 1. The van der Waals surface area contributed by atoms with E-state index >= 15 is 0 Å². The number of aromatic amines is 1. The summed E-state index contributed by atoms with van der Waals surface area (Å²) in [5.74, 6) is 0.897. The second-order valence-corrected chi connectivity index (χ2v) is 12.8. The van der Waals surface area contributed by atoms with Crippen molar-refractivity contribution in [3.63, 3.8) is 0 Å². The van der Waals surface area contributed by atoms with E-state index in [1.54, 1.807) is 22.6 Å². The molecule has 214 valence electrons. The van der Waals surface area contributed by atoms with E-state index in [0.717, 1.165) is 65.2 Å². The Morgan fingerprint density at radius 3 is 2.52 bits per heavy atom. The molecule has 0 spiro atoms. The molecule has 0 amide bonds. The molecule has 40 heavy (non-hydrogen) atoms. The molecule has 0 saturated carbocycles. The molecule has 2 N–H and O–H groups in total. The highest BCUT2D eigenvalue weighted by molar-refractivity contribution is 7.88. The molecule has 0 unspecified atom stereocenters. The average Bonchev–Trinajstić information content (AvgIpc) is 3.60. The Balaban J connectivity index is 0.000000595.